The Balaban J connectivity index is 1.68. The van der Waals surface area contributed by atoms with Crippen LogP contribution in [0.4, 0.5) is 13.2 Å². The number of benzene rings is 1. The molecule has 1 heterocycles. The van der Waals surface area contributed by atoms with E-state index in [1.165, 1.54) is 18.2 Å². The number of carbonyl (C=O) groups excluding carboxylic acids is 1. The number of carboxylic acid groups (broad SMARTS) is 1. The minimum atomic E-state index is -4.48. The van der Waals surface area contributed by atoms with Crippen molar-refractivity contribution in [1.29, 1.82) is 0 Å². The molecule has 0 radical (unpaired) electrons. The second-order valence-electron chi connectivity index (χ2n) is 6.84. The van der Waals surface area contributed by atoms with E-state index in [0.717, 1.165) is 12.5 Å². The minimum absolute atomic E-state index is 0.0908. The maximum absolute atomic E-state index is 13.1. The van der Waals surface area contributed by atoms with Gasteiger partial charge in [0.05, 0.1) is 12.2 Å². The van der Waals surface area contributed by atoms with Crippen molar-refractivity contribution in [3.63, 3.8) is 0 Å². The minimum Gasteiger partial charge on any atom is -0.480 e. The summed E-state index contributed by atoms with van der Waals surface area (Å²) in [7, 11) is 0. The average Bonchev–Trinajstić information content (AvgIpc) is 3.40. The molecule has 0 aromatic heterocycles. The smallest absolute Gasteiger partial charge is 0.416 e. The van der Waals surface area contributed by atoms with Crippen molar-refractivity contribution in [3.8, 4) is 0 Å². The summed E-state index contributed by atoms with van der Waals surface area (Å²) in [6.07, 6.45) is -2.85. The van der Waals surface area contributed by atoms with E-state index < -0.39 is 41.5 Å². The van der Waals surface area contributed by atoms with Crippen LogP contribution in [0.3, 0.4) is 0 Å². The predicted octanol–water partition coefficient (Wildman–Crippen LogP) is 2.80. The Hall–Kier alpha value is -2.09. The fourth-order valence-electron chi connectivity index (χ4n) is 3.58. The quantitative estimate of drug-likeness (QED) is 0.835. The molecular weight excluding hydrogens is 351 g/mol. The van der Waals surface area contributed by atoms with E-state index in [4.69, 9.17) is 4.74 Å². The van der Waals surface area contributed by atoms with E-state index in [9.17, 15) is 27.9 Å². The highest BCUT2D eigenvalue weighted by Gasteiger charge is 2.48. The molecular formula is C18H20F3NO4. The van der Waals surface area contributed by atoms with E-state index in [2.05, 4.69) is 5.32 Å². The van der Waals surface area contributed by atoms with Crippen LogP contribution in [-0.2, 0) is 20.5 Å². The van der Waals surface area contributed by atoms with Crippen molar-refractivity contribution < 1.29 is 32.6 Å². The Morgan fingerprint density at radius 2 is 2.00 bits per heavy atom. The lowest BCUT2D eigenvalue weighted by Gasteiger charge is -2.28. The fourth-order valence-corrected chi connectivity index (χ4v) is 3.58. The zero-order chi connectivity index (χ0) is 18.9. The first kappa shape index (κ1) is 18.7. The van der Waals surface area contributed by atoms with Crippen LogP contribution >= 0.6 is 0 Å². The van der Waals surface area contributed by atoms with Gasteiger partial charge in [-0.15, -0.1) is 0 Å². The zero-order valence-corrected chi connectivity index (χ0v) is 14.0. The van der Waals surface area contributed by atoms with Gasteiger partial charge in [0, 0.05) is 18.4 Å². The number of carboxylic acids is 1. The first-order valence-corrected chi connectivity index (χ1v) is 8.56. The third-order valence-corrected chi connectivity index (χ3v) is 5.02. The molecule has 8 heteroatoms. The van der Waals surface area contributed by atoms with Gasteiger partial charge in [0.15, 0.2) is 0 Å². The molecule has 4 atom stereocenters. The highest BCUT2D eigenvalue weighted by Crippen LogP contribution is 2.51. The summed E-state index contributed by atoms with van der Waals surface area (Å²) >= 11 is 0. The number of aliphatic carboxylic acids is 1. The van der Waals surface area contributed by atoms with Crippen molar-refractivity contribution in [2.75, 3.05) is 13.2 Å². The topological polar surface area (TPSA) is 75.6 Å². The molecule has 0 spiro atoms. The number of nitrogens with one attached hydrogen (secondary N) is 1. The van der Waals surface area contributed by atoms with E-state index in [0.29, 0.717) is 13.0 Å². The predicted molar refractivity (Wildman–Crippen MR) is 85.4 cm³/mol. The van der Waals surface area contributed by atoms with Crippen molar-refractivity contribution in [1.82, 2.24) is 5.32 Å². The van der Waals surface area contributed by atoms with Crippen LogP contribution in [-0.4, -0.2) is 36.2 Å². The number of hydrogen-bond donors (Lipinski definition) is 2. The Morgan fingerprint density at radius 1 is 1.27 bits per heavy atom. The van der Waals surface area contributed by atoms with E-state index in [-0.39, 0.29) is 24.5 Å². The number of rotatable bonds is 5. The van der Waals surface area contributed by atoms with Gasteiger partial charge in [0.2, 0.25) is 5.91 Å². The summed E-state index contributed by atoms with van der Waals surface area (Å²) in [5.74, 6) is -3.16. The fraction of sp³-hybridized carbons (Fsp3) is 0.556. The number of ether oxygens (including phenoxy) is 1. The van der Waals surface area contributed by atoms with Gasteiger partial charge < -0.3 is 15.2 Å². The van der Waals surface area contributed by atoms with Gasteiger partial charge in [-0.3, -0.25) is 4.79 Å². The Labute approximate surface area is 148 Å². The van der Waals surface area contributed by atoms with Crippen LogP contribution in [0.1, 0.15) is 36.3 Å². The standard InChI is InChI=1S/C18H20F3NO4/c19-18(20,21)14-6-2-1-5-11(14)12-8-13(12)16(23)22-15(17(24)25)10-4-3-7-26-9-10/h1-2,5-6,10,12-13,15H,3-4,7-9H2,(H,22,23)(H,24,25). The molecule has 1 aromatic rings. The van der Waals surface area contributed by atoms with Gasteiger partial charge in [-0.25, -0.2) is 4.79 Å². The maximum Gasteiger partial charge on any atom is 0.416 e. The molecule has 2 N–H and O–H groups in total. The van der Waals surface area contributed by atoms with Crippen LogP contribution < -0.4 is 5.32 Å². The molecule has 1 aromatic carbocycles. The molecule has 2 aliphatic rings. The zero-order valence-electron chi connectivity index (χ0n) is 14.0. The Kier molecular flexibility index (Phi) is 5.22. The molecule has 1 aliphatic heterocycles. The second kappa shape index (κ2) is 7.26. The van der Waals surface area contributed by atoms with Gasteiger partial charge in [-0.1, -0.05) is 18.2 Å². The number of alkyl halides is 3. The molecule has 1 amide bonds. The molecule has 0 bridgehead atoms. The summed E-state index contributed by atoms with van der Waals surface area (Å²) in [5.41, 5.74) is -0.649. The normalized spacial score (nSPS) is 26.8. The summed E-state index contributed by atoms with van der Waals surface area (Å²) < 4.78 is 44.7. The highest BCUT2D eigenvalue weighted by atomic mass is 19.4. The van der Waals surface area contributed by atoms with E-state index in [1.54, 1.807) is 0 Å². The lowest BCUT2D eigenvalue weighted by atomic mass is 9.93. The highest BCUT2D eigenvalue weighted by molar-refractivity contribution is 5.87. The molecule has 2 fully saturated rings. The summed E-state index contributed by atoms with van der Waals surface area (Å²) in [4.78, 5) is 23.9. The first-order chi connectivity index (χ1) is 12.3. The van der Waals surface area contributed by atoms with E-state index in [1.807, 2.05) is 0 Å². The lowest BCUT2D eigenvalue weighted by Crippen LogP contribution is -2.49. The van der Waals surface area contributed by atoms with Crippen LogP contribution in [0.2, 0.25) is 0 Å². The first-order valence-electron chi connectivity index (χ1n) is 8.56. The summed E-state index contributed by atoms with van der Waals surface area (Å²) in [6, 6.07) is 4.12. The number of carbonyl (C=O) groups is 2. The van der Waals surface area contributed by atoms with Gasteiger partial charge in [0.1, 0.15) is 6.04 Å². The Morgan fingerprint density at radius 3 is 2.62 bits per heavy atom. The lowest BCUT2D eigenvalue weighted by molar-refractivity contribution is -0.145. The number of hydrogen-bond acceptors (Lipinski definition) is 3. The van der Waals surface area contributed by atoms with Gasteiger partial charge in [-0.2, -0.15) is 13.2 Å². The van der Waals surface area contributed by atoms with E-state index >= 15 is 0 Å². The van der Waals surface area contributed by atoms with Crippen LogP contribution in [0.5, 0.6) is 0 Å². The third-order valence-electron chi connectivity index (χ3n) is 5.02. The molecule has 26 heavy (non-hydrogen) atoms. The average molecular weight is 371 g/mol. The number of amides is 1. The van der Waals surface area contributed by atoms with Crippen molar-refractivity contribution >= 4 is 11.9 Å². The van der Waals surface area contributed by atoms with Crippen LogP contribution in [0, 0.1) is 11.8 Å². The summed E-state index contributed by atoms with van der Waals surface area (Å²) in [5, 5.41) is 11.9. The molecule has 3 rings (SSSR count). The molecule has 1 aliphatic carbocycles. The third kappa shape index (κ3) is 4.00. The van der Waals surface area contributed by atoms with Gasteiger partial charge in [-0.05, 0) is 36.8 Å². The summed E-state index contributed by atoms with van der Waals surface area (Å²) in [6.45, 7) is 0.817. The number of halogens is 3. The van der Waals surface area contributed by atoms with Crippen molar-refractivity contribution in [2.24, 2.45) is 11.8 Å². The van der Waals surface area contributed by atoms with Gasteiger partial charge >= 0.3 is 12.1 Å². The monoisotopic (exact) mass is 371 g/mol. The van der Waals surface area contributed by atoms with Crippen molar-refractivity contribution in [3.05, 3.63) is 35.4 Å². The Bertz CT molecular complexity index is 685. The second-order valence-corrected chi connectivity index (χ2v) is 6.84. The van der Waals surface area contributed by atoms with Crippen LogP contribution in [0.25, 0.3) is 0 Å². The molecule has 1 saturated carbocycles. The van der Waals surface area contributed by atoms with Gasteiger partial charge in [0.25, 0.3) is 0 Å². The molecule has 142 valence electrons. The molecule has 1 saturated heterocycles. The maximum atomic E-state index is 13.1. The molecule has 5 nitrogen and oxygen atoms in total. The van der Waals surface area contributed by atoms with Crippen LogP contribution in [0.15, 0.2) is 24.3 Å². The molecule has 4 unspecified atom stereocenters. The largest absolute Gasteiger partial charge is 0.480 e. The van der Waals surface area contributed by atoms with Crippen molar-refractivity contribution in [2.45, 2.75) is 37.4 Å². The SMILES string of the molecule is O=C(NC(C(=O)O)C1CCCOC1)C1CC1c1ccccc1C(F)(F)F.